The molecule has 1 amide bonds. The molecule has 1 fully saturated rings. The van der Waals surface area contributed by atoms with Gasteiger partial charge in [0.05, 0.1) is 7.11 Å². The van der Waals surface area contributed by atoms with Gasteiger partial charge in [-0.3, -0.25) is 5.32 Å². The lowest BCUT2D eigenvalue weighted by Gasteiger charge is -2.15. The summed E-state index contributed by atoms with van der Waals surface area (Å²) in [7, 11) is 1.61. The van der Waals surface area contributed by atoms with Gasteiger partial charge in [-0.05, 0) is 67.0 Å². The van der Waals surface area contributed by atoms with Gasteiger partial charge >= 0.3 is 12.2 Å². The Bertz CT molecular complexity index is 1400. The monoisotopic (exact) mass is 530 g/mol. The molecule has 1 aliphatic carbocycles. The van der Waals surface area contributed by atoms with Gasteiger partial charge in [0.25, 0.3) is 0 Å². The Morgan fingerprint density at radius 1 is 0.923 bits per heavy atom. The first-order valence-corrected chi connectivity index (χ1v) is 12.5. The molecule has 0 bridgehead atoms. The van der Waals surface area contributed by atoms with Crippen LogP contribution in [0, 0.1) is 6.92 Å². The second kappa shape index (κ2) is 12.2. The van der Waals surface area contributed by atoms with Crippen molar-refractivity contribution in [1.82, 2.24) is 5.16 Å². The van der Waals surface area contributed by atoms with Crippen LogP contribution in [-0.2, 0) is 4.74 Å². The Labute approximate surface area is 226 Å². The van der Waals surface area contributed by atoms with Crippen LogP contribution in [-0.4, -0.2) is 34.7 Å². The van der Waals surface area contributed by atoms with Crippen molar-refractivity contribution in [3.63, 3.8) is 0 Å². The molecule has 1 aliphatic rings. The summed E-state index contributed by atoms with van der Waals surface area (Å²) >= 11 is 0. The molecule has 0 radical (unpaired) electrons. The maximum atomic E-state index is 12.6. The molecule has 0 spiro atoms. The average molecular weight is 531 g/mol. The summed E-state index contributed by atoms with van der Waals surface area (Å²) in [6.45, 7) is 3.58. The fraction of sp³-hybridized carbons (Fsp3) is 0.233. The molecule has 3 aromatic carbocycles. The van der Waals surface area contributed by atoms with Crippen molar-refractivity contribution in [2.24, 2.45) is 0 Å². The van der Waals surface area contributed by atoms with Crippen LogP contribution in [0.1, 0.15) is 48.7 Å². The molecule has 0 saturated heterocycles. The molecule has 3 N–H and O–H groups in total. The van der Waals surface area contributed by atoms with Gasteiger partial charge in [0.15, 0.2) is 5.76 Å². The topological polar surface area (TPSA) is 131 Å². The predicted molar refractivity (Wildman–Crippen MR) is 146 cm³/mol. The van der Waals surface area contributed by atoms with Crippen molar-refractivity contribution in [3.05, 3.63) is 89.7 Å². The molecule has 0 unspecified atom stereocenters. The van der Waals surface area contributed by atoms with E-state index in [1.54, 1.807) is 14.0 Å². The minimum Gasteiger partial charge on any atom is -0.497 e. The van der Waals surface area contributed by atoms with E-state index in [4.69, 9.17) is 29.0 Å². The van der Waals surface area contributed by atoms with Crippen LogP contribution in [0.5, 0.6) is 5.75 Å². The van der Waals surface area contributed by atoms with Crippen LogP contribution >= 0.6 is 0 Å². The standard InChI is InChI=1S/C29H28N2O4.CH2O3/c1-18(20-14-16-26(33-3)17-15-20)34-29(32)30-27-19(2)35-31-28(27)25-12-10-24(11-13-25)23-8-6-22(7-9-23)21-4-5-21;2-1(3)4/h6-18,21H,4-5H2,1-3H3,(H,30,32);(H2,2,3,4)/t18-;/m1./s1. The van der Waals surface area contributed by atoms with Gasteiger partial charge in [-0.15, -0.1) is 0 Å². The van der Waals surface area contributed by atoms with E-state index in [0.29, 0.717) is 17.1 Å². The number of carbonyl (C=O) groups is 2. The number of methoxy groups -OCH3 is 1. The summed E-state index contributed by atoms with van der Waals surface area (Å²) in [5, 5.41) is 20.9. The molecule has 9 nitrogen and oxygen atoms in total. The summed E-state index contributed by atoms with van der Waals surface area (Å²) < 4.78 is 16.1. The molecule has 5 rings (SSSR count). The van der Waals surface area contributed by atoms with E-state index in [0.717, 1.165) is 28.4 Å². The molecule has 0 aliphatic heterocycles. The van der Waals surface area contributed by atoms with E-state index in [1.165, 1.54) is 24.0 Å². The molecular weight excluding hydrogens is 500 g/mol. The van der Waals surface area contributed by atoms with E-state index < -0.39 is 18.4 Å². The van der Waals surface area contributed by atoms with E-state index in [9.17, 15) is 4.79 Å². The van der Waals surface area contributed by atoms with Gasteiger partial charge in [0.2, 0.25) is 0 Å². The second-order valence-corrected chi connectivity index (χ2v) is 9.16. The van der Waals surface area contributed by atoms with Crippen LogP contribution in [0.2, 0.25) is 0 Å². The van der Waals surface area contributed by atoms with Crippen LogP contribution in [0.15, 0.2) is 77.3 Å². The highest BCUT2D eigenvalue weighted by Crippen LogP contribution is 2.40. The fourth-order valence-electron chi connectivity index (χ4n) is 4.14. The average Bonchev–Trinajstić information content (AvgIpc) is 3.72. The Hall–Kier alpha value is -4.79. The first kappa shape index (κ1) is 27.3. The summed E-state index contributed by atoms with van der Waals surface area (Å²) in [5.74, 6) is 2.00. The van der Waals surface area contributed by atoms with Crippen molar-refractivity contribution in [2.45, 2.75) is 38.7 Å². The molecule has 1 heterocycles. The fourth-order valence-corrected chi connectivity index (χ4v) is 4.14. The van der Waals surface area contributed by atoms with Gasteiger partial charge < -0.3 is 24.2 Å². The van der Waals surface area contributed by atoms with E-state index in [2.05, 4.69) is 46.9 Å². The molecule has 1 aromatic heterocycles. The normalized spacial score (nSPS) is 13.0. The van der Waals surface area contributed by atoms with E-state index >= 15 is 0 Å². The lowest BCUT2D eigenvalue weighted by molar-refractivity contribution is 0.121. The van der Waals surface area contributed by atoms with Crippen LogP contribution in [0.3, 0.4) is 0 Å². The quantitative estimate of drug-likeness (QED) is 0.221. The van der Waals surface area contributed by atoms with Gasteiger partial charge in [-0.25, -0.2) is 9.59 Å². The number of carbonyl (C=O) groups excluding carboxylic acids is 1. The van der Waals surface area contributed by atoms with Gasteiger partial charge in [0, 0.05) is 5.56 Å². The third kappa shape index (κ3) is 7.16. The van der Waals surface area contributed by atoms with Crippen molar-refractivity contribution in [1.29, 1.82) is 0 Å². The number of hydrogen-bond donors (Lipinski definition) is 3. The Kier molecular flexibility index (Phi) is 8.50. The molecule has 9 heteroatoms. The predicted octanol–water partition coefficient (Wildman–Crippen LogP) is 7.74. The first-order chi connectivity index (χ1) is 18.7. The zero-order chi connectivity index (χ0) is 27.9. The summed E-state index contributed by atoms with van der Waals surface area (Å²) in [6.07, 6.45) is -0.242. The van der Waals surface area contributed by atoms with Crippen molar-refractivity contribution < 1.29 is 33.8 Å². The molecule has 1 saturated carbocycles. The zero-order valence-electron chi connectivity index (χ0n) is 21.9. The third-order valence-electron chi connectivity index (χ3n) is 6.41. The zero-order valence-corrected chi connectivity index (χ0v) is 21.9. The lowest BCUT2D eigenvalue weighted by Crippen LogP contribution is -2.16. The van der Waals surface area contributed by atoms with E-state index in [1.807, 2.05) is 43.3 Å². The number of rotatable bonds is 7. The van der Waals surface area contributed by atoms with Crippen LogP contribution in [0.4, 0.5) is 15.3 Å². The number of nitrogens with zero attached hydrogens (tertiary/aromatic N) is 1. The number of hydrogen-bond acceptors (Lipinski definition) is 6. The Morgan fingerprint density at radius 2 is 1.46 bits per heavy atom. The third-order valence-corrected chi connectivity index (χ3v) is 6.41. The van der Waals surface area contributed by atoms with Gasteiger partial charge in [-0.2, -0.15) is 0 Å². The Morgan fingerprint density at radius 3 is 2.00 bits per heavy atom. The molecular formula is C30H30N2O7. The highest BCUT2D eigenvalue weighted by molar-refractivity contribution is 5.91. The number of anilines is 1. The number of aromatic nitrogens is 1. The minimum atomic E-state index is -1.83. The largest absolute Gasteiger partial charge is 0.503 e. The molecule has 39 heavy (non-hydrogen) atoms. The maximum Gasteiger partial charge on any atom is 0.503 e. The highest BCUT2D eigenvalue weighted by atomic mass is 16.6. The van der Waals surface area contributed by atoms with Gasteiger partial charge in [-0.1, -0.05) is 65.8 Å². The lowest BCUT2D eigenvalue weighted by atomic mass is 10.00. The minimum absolute atomic E-state index is 0.435. The SMILES string of the molecule is COc1ccc([C@@H](C)OC(=O)Nc2c(-c3ccc(-c4ccc(C5CC5)cc4)cc3)noc2C)cc1.O=C(O)O. The summed E-state index contributed by atoms with van der Waals surface area (Å²) in [6, 6.07) is 24.3. The van der Waals surface area contributed by atoms with Crippen LogP contribution < -0.4 is 10.1 Å². The van der Waals surface area contributed by atoms with Crippen molar-refractivity contribution in [3.8, 4) is 28.1 Å². The first-order valence-electron chi connectivity index (χ1n) is 12.5. The van der Waals surface area contributed by atoms with Crippen molar-refractivity contribution in [2.75, 3.05) is 12.4 Å². The van der Waals surface area contributed by atoms with Gasteiger partial charge in [0.1, 0.15) is 23.2 Å². The van der Waals surface area contributed by atoms with Crippen molar-refractivity contribution >= 4 is 17.9 Å². The van der Waals surface area contributed by atoms with Crippen LogP contribution in [0.25, 0.3) is 22.4 Å². The number of aryl methyl sites for hydroxylation is 1. The van der Waals surface area contributed by atoms with E-state index in [-0.39, 0.29) is 0 Å². The molecule has 4 aromatic rings. The number of carboxylic acid groups (broad SMARTS) is 2. The number of benzene rings is 3. The number of nitrogens with one attached hydrogen (secondary N) is 1. The maximum absolute atomic E-state index is 12.6. The smallest absolute Gasteiger partial charge is 0.497 e. The summed E-state index contributed by atoms with van der Waals surface area (Å²) in [5.41, 5.74) is 6.49. The molecule has 1 atom stereocenters. The Balaban J connectivity index is 0.000000826. The highest BCUT2D eigenvalue weighted by Gasteiger charge is 2.23. The number of ether oxygens (including phenoxy) is 2. The molecule has 202 valence electrons. The second-order valence-electron chi connectivity index (χ2n) is 9.16. The number of amides is 1. The summed E-state index contributed by atoms with van der Waals surface area (Å²) in [4.78, 5) is 21.2.